The molecule has 26 heavy (non-hydrogen) atoms. The topological polar surface area (TPSA) is 65.4 Å². The number of carbonyl (C=O) groups is 1. The number of aromatic nitrogens is 2. The number of methoxy groups -OCH3 is 2. The van der Waals surface area contributed by atoms with E-state index < -0.39 is 0 Å². The Hall–Kier alpha value is -3.28. The molecular weight excluding hydrogens is 330 g/mol. The zero-order valence-electron chi connectivity index (χ0n) is 15.0. The van der Waals surface area contributed by atoms with E-state index in [0.29, 0.717) is 23.6 Å². The summed E-state index contributed by atoms with van der Waals surface area (Å²) in [6.45, 7) is 2.32. The molecule has 6 nitrogen and oxygen atoms in total. The third-order valence-corrected chi connectivity index (χ3v) is 4.17. The number of carbonyl (C=O) groups excluding carboxylic acids is 1. The van der Waals surface area contributed by atoms with Crippen LogP contribution in [0.15, 0.2) is 54.9 Å². The van der Waals surface area contributed by atoms with Crippen LogP contribution in [0, 0.1) is 6.92 Å². The number of hydrogen-bond donors (Lipinski definition) is 1. The maximum absolute atomic E-state index is 12.5. The molecule has 0 fully saturated rings. The van der Waals surface area contributed by atoms with E-state index in [1.807, 2.05) is 43.5 Å². The first kappa shape index (κ1) is 17.5. The number of hydrogen-bond acceptors (Lipinski definition) is 4. The number of nitrogens with zero attached hydrogens (tertiary/aromatic N) is 2. The lowest BCUT2D eigenvalue weighted by atomic mass is 10.1. The molecule has 6 heteroatoms. The first-order valence-electron chi connectivity index (χ1n) is 8.22. The molecule has 3 aromatic rings. The summed E-state index contributed by atoms with van der Waals surface area (Å²) in [5, 5.41) is 7.11. The van der Waals surface area contributed by atoms with E-state index >= 15 is 0 Å². The summed E-state index contributed by atoms with van der Waals surface area (Å²) >= 11 is 0. The first-order valence-corrected chi connectivity index (χ1v) is 8.22. The first-order chi connectivity index (χ1) is 12.6. The predicted octanol–water partition coefficient (Wildman–Crippen LogP) is 3.13. The van der Waals surface area contributed by atoms with E-state index in [9.17, 15) is 4.79 Å². The van der Waals surface area contributed by atoms with Gasteiger partial charge in [0.15, 0.2) is 0 Å². The van der Waals surface area contributed by atoms with E-state index in [-0.39, 0.29) is 5.91 Å². The fourth-order valence-corrected chi connectivity index (χ4v) is 2.69. The molecule has 0 radical (unpaired) electrons. The summed E-state index contributed by atoms with van der Waals surface area (Å²) in [4.78, 5) is 12.5. The zero-order chi connectivity index (χ0) is 18.5. The number of amides is 1. The normalized spacial score (nSPS) is 10.4. The third-order valence-electron chi connectivity index (χ3n) is 4.17. The van der Waals surface area contributed by atoms with Crippen LogP contribution in [0.2, 0.25) is 0 Å². The van der Waals surface area contributed by atoms with Crippen LogP contribution >= 0.6 is 0 Å². The van der Waals surface area contributed by atoms with E-state index in [1.165, 1.54) is 0 Å². The van der Waals surface area contributed by atoms with E-state index in [4.69, 9.17) is 9.47 Å². The maximum atomic E-state index is 12.5. The van der Waals surface area contributed by atoms with Crippen molar-refractivity contribution in [2.24, 2.45) is 0 Å². The Morgan fingerprint density at radius 1 is 1.12 bits per heavy atom. The SMILES string of the molecule is COc1cc(C(=O)NCc2ccc(-n3cccn3)cc2)cc(OC)c1C. The maximum Gasteiger partial charge on any atom is 0.251 e. The fraction of sp³-hybridized carbons (Fsp3) is 0.200. The molecule has 0 aliphatic rings. The predicted molar refractivity (Wildman–Crippen MR) is 99.0 cm³/mol. The van der Waals surface area contributed by atoms with Gasteiger partial charge in [0.2, 0.25) is 0 Å². The van der Waals surface area contributed by atoms with Crippen LogP contribution in [0.1, 0.15) is 21.5 Å². The lowest BCUT2D eigenvalue weighted by molar-refractivity contribution is 0.0950. The van der Waals surface area contributed by atoms with Crippen molar-refractivity contribution in [1.82, 2.24) is 15.1 Å². The Morgan fingerprint density at radius 2 is 1.77 bits per heavy atom. The molecule has 134 valence electrons. The molecule has 0 unspecified atom stereocenters. The van der Waals surface area contributed by atoms with Crippen molar-refractivity contribution in [2.75, 3.05) is 14.2 Å². The van der Waals surface area contributed by atoms with E-state index in [2.05, 4.69) is 10.4 Å². The molecule has 0 aliphatic heterocycles. The molecule has 1 N–H and O–H groups in total. The Morgan fingerprint density at radius 3 is 2.31 bits per heavy atom. The van der Waals surface area contributed by atoms with Gasteiger partial charge in [-0.25, -0.2) is 4.68 Å². The van der Waals surface area contributed by atoms with Crippen LogP contribution in [-0.4, -0.2) is 29.9 Å². The van der Waals surface area contributed by atoms with Crippen molar-refractivity contribution >= 4 is 5.91 Å². The highest BCUT2D eigenvalue weighted by Crippen LogP contribution is 2.29. The van der Waals surface area contributed by atoms with E-state index in [0.717, 1.165) is 16.8 Å². The van der Waals surface area contributed by atoms with Crippen LogP contribution in [0.3, 0.4) is 0 Å². The average molecular weight is 351 g/mol. The molecule has 0 aliphatic carbocycles. The van der Waals surface area contributed by atoms with Crippen LogP contribution in [0.25, 0.3) is 5.69 Å². The minimum absolute atomic E-state index is 0.183. The summed E-state index contributed by atoms with van der Waals surface area (Å²) in [6.07, 6.45) is 3.62. The molecule has 0 spiro atoms. The van der Waals surface area contributed by atoms with Crippen LogP contribution < -0.4 is 14.8 Å². The standard InChI is InChI=1S/C20H21N3O3/c1-14-18(25-2)11-16(12-19(14)26-3)20(24)21-13-15-5-7-17(8-6-15)23-10-4-9-22-23/h4-12H,13H2,1-3H3,(H,21,24). The lowest BCUT2D eigenvalue weighted by Gasteiger charge is -2.13. The van der Waals surface area contributed by atoms with Gasteiger partial charge in [-0.15, -0.1) is 0 Å². The Labute approximate surface area is 152 Å². The summed E-state index contributed by atoms with van der Waals surface area (Å²) < 4.78 is 12.4. The number of ether oxygens (including phenoxy) is 2. The van der Waals surface area contributed by atoms with Crippen molar-refractivity contribution in [3.8, 4) is 17.2 Å². The largest absolute Gasteiger partial charge is 0.496 e. The van der Waals surface area contributed by atoms with Crippen molar-refractivity contribution in [3.05, 3.63) is 71.5 Å². The third kappa shape index (κ3) is 3.69. The van der Waals surface area contributed by atoms with Crippen molar-refractivity contribution < 1.29 is 14.3 Å². The quantitative estimate of drug-likeness (QED) is 0.741. The molecule has 1 aromatic heterocycles. The van der Waals surface area contributed by atoms with E-state index in [1.54, 1.807) is 37.2 Å². The Balaban J connectivity index is 1.69. The average Bonchev–Trinajstić information content (AvgIpc) is 3.21. The minimum Gasteiger partial charge on any atom is -0.496 e. The molecule has 0 saturated heterocycles. The van der Waals surface area contributed by atoms with Gasteiger partial charge in [0.05, 0.1) is 19.9 Å². The van der Waals surface area contributed by atoms with Crippen LogP contribution in [0.4, 0.5) is 0 Å². The van der Waals surface area contributed by atoms with Gasteiger partial charge in [0.25, 0.3) is 5.91 Å². The summed E-state index contributed by atoms with van der Waals surface area (Å²) in [5.74, 6) is 1.06. The fourth-order valence-electron chi connectivity index (χ4n) is 2.69. The monoisotopic (exact) mass is 351 g/mol. The highest BCUT2D eigenvalue weighted by Gasteiger charge is 2.13. The summed E-state index contributed by atoms with van der Waals surface area (Å²) in [6, 6.07) is 13.2. The zero-order valence-corrected chi connectivity index (χ0v) is 15.0. The Kier molecular flexibility index (Phi) is 5.22. The smallest absolute Gasteiger partial charge is 0.251 e. The highest BCUT2D eigenvalue weighted by molar-refractivity contribution is 5.95. The van der Waals surface area contributed by atoms with Crippen LogP contribution in [-0.2, 0) is 6.54 Å². The van der Waals surface area contributed by atoms with Crippen LogP contribution in [0.5, 0.6) is 11.5 Å². The summed E-state index contributed by atoms with van der Waals surface area (Å²) in [7, 11) is 3.15. The van der Waals surface area contributed by atoms with Gasteiger partial charge in [-0.05, 0) is 42.8 Å². The number of nitrogens with one attached hydrogen (secondary N) is 1. The number of rotatable bonds is 6. The second-order valence-corrected chi connectivity index (χ2v) is 5.81. The van der Waals surface area contributed by atoms with Gasteiger partial charge in [-0.3, -0.25) is 4.79 Å². The van der Waals surface area contributed by atoms with Crippen molar-refractivity contribution in [3.63, 3.8) is 0 Å². The number of benzene rings is 2. The minimum atomic E-state index is -0.183. The molecule has 0 bridgehead atoms. The second kappa shape index (κ2) is 7.74. The van der Waals surface area contributed by atoms with Crippen molar-refractivity contribution in [1.29, 1.82) is 0 Å². The molecule has 0 saturated carbocycles. The van der Waals surface area contributed by atoms with Gasteiger partial charge in [0.1, 0.15) is 11.5 Å². The van der Waals surface area contributed by atoms with Gasteiger partial charge in [-0.1, -0.05) is 12.1 Å². The van der Waals surface area contributed by atoms with Gasteiger partial charge in [0, 0.05) is 30.1 Å². The van der Waals surface area contributed by atoms with Crippen molar-refractivity contribution in [2.45, 2.75) is 13.5 Å². The molecule has 0 atom stereocenters. The van der Waals surface area contributed by atoms with Gasteiger partial charge >= 0.3 is 0 Å². The molecule has 3 rings (SSSR count). The molecule has 1 heterocycles. The highest BCUT2D eigenvalue weighted by atomic mass is 16.5. The molecule has 1 amide bonds. The lowest BCUT2D eigenvalue weighted by Crippen LogP contribution is -2.23. The molecule has 2 aromatic carbocycles. The van der Waals surface area contributed by atoms with Gasteiger partial charge < -0.3 is 14.8 Å². The second-order valence-electron chi connectivity index (χ2n) is 5.81. The summed E-state index contributed by atoms with van der Waals surface area (Å²) in [5.41, 5.74) is 3.33. The molecular formula is C20H21N3O3. The van der Waals surface area contributed by atoms with Gasteiger partial charge in [-0.2, -0.15) is 5.10 Å². The Bertz CT molecular complexity index is 862.